The molecule has 0 radical (unpaired) electrons. The molecule has 0 aromatic heterocycles. The molecule has 0 saturated carbocycles. The van der Waals surface area contributed by atoms with Crippen LogP contribution in [0.4, 0.5) is 0 Å². The summed E-state index contributed by atoms with van der Waals surface area (Å²) in [5.74, 6) is -0.568. The summed E-state index contributed by atoms with van der Waals surface area (Å²) in [4.78, 5) is 40.2. The van der Waals surface area contributed by atoms with E-state index in [2.05, 4.69) is 29.1 Å². The highest BCUT2D eigenvalue weighted by Crippen LogP contribution is 2.14. The van der Waals surface area contributed by atoms with Crippen molar-refractivity contribution in [2.45, 2.75) is 45.1 Å². The highest BCUT2D eigenvalue weighted by atomic mass is 16.5. The van der Waals surface area contributed by atoms with Gasteiger partial charge in [-0.15, -0.1) is 0 Å². The van der Waals surface area contributed by atoms with Crippen molar-refractivity contribution in [1.29, 1.82) is 0 Å². The molecule has 1 aliphatic rings. The number of hydrogen-bond donors (Lipinski definition) is 2. The highest BCUT2D eigenvalue weighted by molar-refractivity contribution is 5.86. The van der Waals surface area contributed by atoms with E-state index in [1.165, 1.54) is 0 Å². The Morgan fingerprint density at radius 2 is 1.77 bits per heavy atom. The quantitative estimate of drug-likeness (QED) is 0.315. The Hall–Kier alpha value is -2.45. The first-order valence-electron chi connectivity index (χ1n) is 10.7. The van der Waals surface area contributed by atoms with Gasteiger partial charge in [0, 0.05) is 39.0 Å². The topological polar surface area (TPSA) is 105 Å². The van der Waals surface area contributed by atoms with Gasteiger partial charge in [0.15, 0.2) is 0 Å². The van der Waals surface area contributed by atoms with Gasteiger partial charge in [-0.1, -0.05) is 31.9 Å². The number of amides is 2. The van der Waals surface area contributed by atoms with E-state index in [0.717, 1.165) is 51.0 Å². The molecule has 1 unspecified atom stereocenters. The fourth-order valence-corrected chi connectivity index (χ4v) is 3.31. The molecule has 1 atom stereocenters. The number of rotatable bonds is 11. The molecular weight excluding hydrogens is 384 g/mol. The van der Waals surface area contributed by atoms with Gasteiger partial charge >= 0.3 is 5.97 Å². The normalized spacial score (nSPS) is 16.1. The average Bonchev–Trinajstić information content (AvgIpc) is 2.70. The molecule has 1 saturated heterocycles. The largest absolute Gasteiger partial charge is 0.426 e. The molecule has 8 heteroatoms. The predicted octanol–water partition coefficient (Wildman–Crippen LogP) is 0.932. The molecule has 30 heavy (non-hydrogen) atoms. The van der Waals surface area contributed by atoms with Crippen molar-refractivity contribution in [2.24, 2.45) is 5.73 Å². The molecule has 3 N–H and O–H groups in total. The number of benzene rings is 1. The van der Waals surface area contributed by atoms with Crippen molar-refractivity contribution in [3.05, 3.63) is 29.8 Å². The lowest BCUT2D eigenvalue weighted by Crippen LogP contribution is -2.46. The lowest BCUT2D eigenvalue weighted by atomic mass is 10.0. The van der Waals surface area contributed by atoms with E-state index in [1.807, 2.05) is 0 Å². The first kappa shape index (κ1) is 23.8. The maximum atomic E-state index is 12.2. The van der Waals surface area contributed by atoms with E-state index in [0.29, 0.717) is 18.6 Å². The number of hydrogen-bond acceptors (Lipinski definition) is 6. The Balaban J connectivity index is 1.82. The molecule has 1 aromatic carbocycles. The lowest BCUT2D eigenvalue weighted by Gasteiger charge is -2.31. The number of primary amides is 1. The number of piperazine rings is 1. The smallest absolute Gasteiger partial charge is 0.325 e. The zero-order chi connectivity index (χ0) is 21.9. The van der Waals surface area contributed by atoms with E-state index in [1.54, 1.807) is 24.3 Å². The van der Waals surface area contributed by atoms with Crippen molar-refractivity contribution in [2.75, 3.05) is 39.8 Å². The summed E-state index contributed by atoms with van der Waals surface area (Å²) in [7, 11) is 2.07. The summed E-state index contributed by atoms with van der Waals surface area (Å²) in [6.07, 6.45) is 3.48. The fraction of sp³-hybridized carbons (Fsp3) is 0.591. The predicted molar refractivity (Wildman–Crippen MR) is 115 cm³/mol. The minimum Gasteiger partial charge on any atom is -0.426 e. The van der Waals surface area contributed by atoms with Crippen molar-refractivity contribution in [3.8, 4) is 5.75 Å². The maximum absolute atomic E-state index is 12.2. The van der Waals surface area contributed by atoms with Crippen molar-refractivity contribution >= 4 is 17.8 Å². The van der Waals surface area contributed by atoms with Gasteiger partial charge in [-0.05, 0) is 31.2 Å². The number of nitrogens with zero attached hydrogens (tertiary/aromatic N) is 2. The van der Waals surface area contributed by atoms with Crippen LogP contribution in [-0.2, 0) is 20.8 Å². The van der Waals surface area contributed by atoms with Crippen molar-refractivity contribution < 1.29 is 19.1 Å². The van der Waals surface area contributed by atoms with Crippen molar-refractivity contribution in [3.63, 3.8) is 0 Å². The van der Waals surface area contributed by atoms with Crippen LogP contribution in [0.2, 0.25) is 0 Å². The first-order chi connectivity index (χ1) is 14.4. The van der Waals surface area contributed by atoms with Crippen LogP contribution >= 0.6 is 0 Å². The second kappa shape index (κ2) is 12.3. The Morgan fingerprint density at radius 3 is 2.37 bits per heavy atom. The summed E-state index contributed by atoms with van der Waals surface area (Å²) >= 11 is 0. The van der Waals surface area contributed by atoms with E-state index in [9.17, 15) is 14.4 Å². The van der Waals surface area contributed by atoms with Gasteiger partial charge in [-0.25, -0.2) is 0 Å². The van der Waals surface area contributed by atoms with Crippen LogP contribution in [0.5, 0.6) is 5.75 Å². The van der Waals surface area contributed by atoms with E-state index in [4.69, 9.17) is 10.5 Å². The van der Waals surface area contributed by atoms with Crippen molar-refractivity contribution in [1.82, 2.24) is 15.1 Å². The standard InChI is InChI=1S/C22H34N4O4/c1-3-4-5-6-20(27)24-19(22(23)29)15-17-7-9-18(10-8-17)30-21(28)16-26-13-11-25(2)12-14-26/h7-10,19H,3-6,11-16H2,1-2H3,(H2,23,29)(H,24,27). The Kier molecular flexibility index (Phi) is 9.76. The first-order valence-corrected chi connectivity index (χ1v) is 10.7. The molecule has 166 valence electrons. The molecular formula is C22H34N4O4. The third kappa shape index (κ3) is 8.51. The summed E-state index contributed by atoms with van der Waals surface area (Å²) in [5.41, 5.74) is 6.28. The second-order valence-electron chi connectivity index (χ2n) is 7.88. The van der Waals surface area contributed by atoms with Crippen LogP contribution < -0.4 is 15.8 Å². The Bertz CT molecular complexity index is 700. The summed E-state index contributed by atoms with van der Waals surface area (Å²) in [6, 6.07) is 6.18. The minimum absolute atomic E-state index is 0.165. The number of esters is 1. The summed E-state index contributed by atoms with van der Waals surface area (Å²) in [5, 5.41) is 2.71. The SMILES string of the molecule is CCCCCC(=O)NC(Cc1ccc(OC(=O)CN2CCN(C)CC2)cc1)C(N)=O. The number of likely N-dealkylation sites (N-methyl/N-ethyl adjacent to an activating group) is 1. The number of unbranched alkanes of at least 4 members (excludes halogenated alkanes) is 2. The van der Waals surface area contributed by atoms with Crippen LogP contribution in [0, 0.1) is 0 Å². The molecule has 1 aromatic rings. The zero-order valence-electron chi connectivity index (χ0n) is 18.1. The summed E-state index contributed by atoms with van der Waals surface area (Å²) < 4.78 is 5.42. The van der Waals surface area contributed by atoms with Crippen LogP contribution in [0.3, 0.4) is 0 Å². The fourth-order valence-electron chi connectivity index (χ4n) is 3.31. The van der Waals surface area contributed by atoms with E-state index < -0.39 is 11.9 Å². The van der Waals surface area contributed by atoms with Gasteiger partial charge in [-0.2, -0.15) is 0 Å². The number of nitrogens with one attached hydrogen (secondary N) is 1. The number of ether oxygens (including phenoxy) is 1. The van der Waals surface area contributed by atoms with Gasteiger partial charge in [0.2, 0.25) is 11.8 Å². The third-order valence-corrected chi connectivity index (χ3v) is 5.23. The maximum Gasteiger partial charge on any atom is 0.325 e. The molecule has 1 fully saturated rings. The van der Waals surface area contributed by atoms with Gasteiger partial charge in [0.1, 0.15) is 11.8 Å². The molecule has 1 heterocycles. The van der Waals surface area contributed by atoms with Crippen LogP contribution in [0.15, 0.2) is 24.3 Å². The van der Waals surface area contributed by atoms with Gasteiger partial charge in [-0.3, -0.25) is 19.3 Å². The van der Waals surface area contributed by atoms with Gasteiger partial charge in [0.05, 0.1) is 6.54 Å². The monoisotopic (exact) mass is 418 g/mol. The summed E-state index contributed by atoms with van der Waals surface area (Å²) in [6.45, 7) is 5.92. The molecule has 2 rings (SSSR count). The minimum atomic E-state index is -0.759. The van der Waals surface area contributed by atoms with E-state index >= 15 is 0 Å². The number of carbonyl (C=O) groups excluding carboxylic acids is 3. The average molecular weight is 419 g/mol. The van der Waals surface area contributed by atoms with Gasteiger partial charge < -0.3 is 20.7 Å². The Morgan fingerprint density at radius 1 is 1.10 bits per heavy atom. The molecule has 8 nitrogen and oxygen atoms in total. The molecule has 0 aliphatic carbocycles. The van der Waals surface area contributed by atoms with Crippen LogP contribution in [-0.4, -0.2) is 73.4 Å². The molecule has 0 spiro atoms. The molecule has 0 bridgehead atoms. The number of carbonyl (C=O) groups is 3. The second-order valence-corrected chi connectivity index (χ2v) is 7.88. The zero-order valence-corrected chi connectivity index (χ0v) is 18.1. The Labute approximate surface area is 178 Å². The van der Waals surface area contributed by atoms with Crippen LogP contribution in [0.25, 0.3) is 0 Å². The van der Waals surface area contributed by atoms with Crippen LogP contribution in [0.1, 0.15) is 38.2 Å². The lowest BCUT2D eigenvalue weighted by molar-refractivity contribution is -0.136. The molecule has 2 amide bonds. The van der Waals surface area contributed by atoms with E-state index in [-0.39, 0.29) is 18.4 Å². The number of nitrogens with two attached hydrogens (primary N) is 1. The van der Waals surface area contributed by atoms with Gasteiger partial charge in [0.25, 0.3) is 0 Å². The highest BCUT2D eigenvalue weighted by Gasteiger charge is 2.19. The third-order valence-electron chi connectivity index (χ3n) is 5.23. The molecule has 1 aliphatic heterocycles.